The van der Waals surface area contributed by atoms with E-state index in [0.717, 1.165) is 26.1 Å². The summed E-state index contributed by atoms with van der Waals surface area (Å²) in [7, 11) is 0. The number of piperidine rings is 1. The molecule has 2 aromatic carbocycles. The standard InChI is InChI=1S/C19H22N2/c1-2-6-15(7-3-1)11-13-21-18-9-5-4-8-16(18)17-14-20-12-10-19(17)21/h1-9,17,19-20H,10-14H2/t17-,19-/m1/s1. The van der Waals surface area contributed by atoms with Crippen molar-refractivity contribution in [2.24, 2.45) is 0 Å². The summed E-state index contributed by atoms with van der Waals surface area (Å²) in [5, 5.41) is 3.56. The molecule has 0 radical (unpaired) electrons. The Hall–Kier alpha value is -1.80. The Morgan fingerprint density at radius 1 is 1.00 bits per heavy atom. The lowest BCUT2D eigenvalue weighted by atomic mass is 9.90. The molecule has 2 nitrogen and oxygen atoms in total. The van der Waals surface area contributed by atoms with Crippen molar-refractivity contribution in [3.05, 3.63) is 65.7 Å². The van der Waals surface area contributed by atoms with Crippen LogP contribution in [-0.4, -0.2) is 25.7 Å². The van der Waals surface area contributed by atoms with Crippen molar-refractivity contribution in [3.63, 3.8) is 0 Å². The van der Waals surface area contributed by atoms with Crippen LogP contribution in [0.1, 0.15) is 23.5 Å². The molecular formula is C19H22N2. The van der Waals surface area contributed by atoms with Crippen molar-refractivity contribution in [1.82, 2.24) is 5.32 Å². The van der Waals surface area contributed by atoms with Crippen molar-refractivity contribution in [2.75, 3.05) is 24.5 Å². The van der Waals surface area contributed by atoms with Gasteiger partial charge in [-0.3, -0.25) is 0 Å². The molecule has 21 heavy (non-hydrogen) atoms. The molecule has 0 unspecified atom stereocenters. The first-order valence-corrected chi connectivity index (χ1v) is 8.04. The van der Waals surface area contributed by atoms with Crippen LogP contribution in [0.15, 0.2) is 54.6 Å². The summed E-state index contributed by atoms with van der Waals surface area (Å²) < 4.78 is 0. The SMILES string of the molecule is c1ccc(CCN2c3ccccc3[C@H]3CNCC[C@H]32)cc1. The zero-order chi connectivity index (χ0) is 14.1. The second-order valence-corrected chi connectivity index (χ2v) is 6.15. The van der Waals surface area contributed by atoms with E-state index in [1.54, 1.807) is 5.56 Å². The molecule has 2 aliphatic heterocycles. The molecular weight excluding hydrogens is 256 g/mol. The predicted molar refractivity (Wildman–Crippen MR) is 87.9 cm³/mol. The number of hydrogen-bond donors (Lipinski definition) is 1. The Balaban J connectivity index is 1.58. The van der Waals surface area contributed by atoms with Crippen LogP contribution in [0.5, 0.6) is 0 Å². The summed E-state index contributed by atoms with van der Waals surface area (Å²) in [6.07, 6.45) is 2.39. The fourth-order valence-corrected chi connectivity index (χ4v) is 3.96. The maximum Gasteiger partial charge on any atom is 0.0405 e. The molecule has 0 spiro atoms. The molecule has 4 rings (SSSR count). The summed E-state index contributed by atoms with van der Waals surface area (Å²) in [5.74, 6) is 0.672. The number of hydrogen-bond acceptors (Lipinski definition) is 2. The van der Waals surface area contributed by atoms with Gasteiger partial charge < -0.3 is 10.2 Å². The molecule has 0 amide bonds. The van der Waals surface area contributed by atoms with Crippen LogP contribution in [0.4, 0.5) is 5.69 Å². The summed E-state index contributed by atoms with van der Waals surface area (Å²) >= 11 is 0. The minimum Gasteiger partial charge on any atom is -0.367 e. The van der Waals surface area contributed by atoms with Crippen molar-refractivity contribution >= 4 is 5.69 Å². The number of fused-ring (bicyclic) bond motifs is 3. The van der Waals surface area contributed by atoms with E-state index in [1.807, 2.05) is 0 Å². The molecule has 2 atom stereocenters. The van der Waals surface area contributed by atoms with Gasteiger partial charge in [-0.15, -0.1) is 0 Å². The van der Waals surface area contributed by atoms with Gasteiger partial charge in [-0.05, 0) is 36.6 Å². The predicted octanol–water partition coefficient (Wildman–Crippen LogP) is 3.19. The highest BCUT2D eigenvalue weighted by Crippen LogP contribution is 2.42. The Bertz CT molecular complexity index is 608. The Labute approximate surface area is 126 Å². The molecule has 108 valence electrons. The van der Waals surface area contributed by atoms with Crippen LogP contribution < -0.4 is 10.2 Å². The molecule has 0 aliphatic carbocycles. The lowest BCUT2D eigenvalue weighted by Gasteiger charge is -2.34. The van der Waals surface area contributed by atoms with Crippen molar-refractivity contribution < 1.29 is 0 Å². The van der Waals surface area contributed by atoms with Gasteiger partial charge in [0.2, 0.25) is 0 Å². The summed E-state index contributed by atoms with van der Waals surface area (Å²) in [5.41, 5.74) is 4.45. The third-order valence-corrected chi connectivity index (χ3v) is 4.98. The van der Waals surface area contributed by atoms with E-state index < -0.39 is 0 Å². The van der Waals surface area contributed by atoms with E-state index in [2.05, 4.69) is 64.8 Å². The maximum absolute atomic E-state index is 3.56. The summed E-state index contributed by atoms with van der Waals surface area (Å²) in [6.45, 7) is 3.41. The molecule has 0 saturated carbocycles. The van der Waals surface area contributed by atoms with E-state index in [4.69, 9.17) is 0 Å². The lowest BCUT2D eigenvalue weighted by Crippen LogP contribution is -2.44. The number of anilines is 1. The van der Waals surface area contributed by atoms with Gasteiger partial charge in [0, 0.05) is 30.7 Å². The third-order valence-electron chi connectivity index (χ3n) is 4.98. The van der Waals surface area contributed by atoms with E-state index in [1.165, 1.54) is 17.7 Å². The smallest absolute Gasteiger partial charge is 0.0405 e. The average Bonchev–Trinajstić information content (AvgIpc) is 2.88. The molecule has 2 heteroatoms. The molecule has 1 saturated heterocycles. The second kappa shape index (κ2) is 5.53. The normalized spacial score (nSPS) is 23.7. The van der Waals surface area contributed by atoms with Crippen molar-refractivity contribution in [1.29, 1.82) is 0 Å². The van der Waals surface area contributed by atoms with E-state index in [9.17, 15) is 0 Å². The zero-order valence-electron chi connectivity index (χ0n) is 12.3. The van der Waals surface area contributed by atoms with Crippen LogP contribution in [0, 0.1) is 0 Å². The van der Waals surface area contributed by atoms with Crippen LogP contribution >= 0.6 is 0 Å². The van der Waals surface area contributed by atoms with Crippen molar-refractivity contribution in [2.45, 2.75) is 24.8 Å². The summed E-state index contributed by atoms with van der Waals surface area (Å²) in [4.78, 5) is 2.66. The van der Waals surface area contributed by atoms with Gasteiger partial charge in [0.25, 0.3) is 0 Å². The number of nitrogens with one attached hydrogen (secondary N) is 1. The molecule has 2 aliphatic rings. The van der Waals surface area contributed by atoms with Gasteiger partial charge >= 0.3 is 0 Å². The number of nitrogens with zero attached hydrogens (tertiary/aromatic N) is 1. The van der Waals surface area contributed by atoms with Gasteiger partial charge in [0.05, 0.1) is 0 Å². The maximum atomic E-state index is 3.56. The van der Waals surface area contributed by atoms with E-state index >= 15 is 0 Å². The number of rotatable bonds is 3. The highest BCUT2D eigenvalue weighted by molar-refractivity contribution is 5.62. The minimum atomic E-state index is 0.672. The Morgan fingerprint density at radius 3 is 2.71 bits per heavy atom. The fourth-order valence-electron chi connectivity index (χ4n) is 3.96. The Kier molecular flexibility index (Phi) is 3.40. The molecule has 0 bridgehead atoms. The first kappa shape index (κ1) is 12.9. The topological polar surface area (TPSA) is 15.3 Å². The van der Waals surface area contributed by atoms with Gasteiger partial charge in [0.1, 0.15) is 0 Å². The average molecular weight is 278 g/mol. The van der Waals surface area contributed by atoms with Crippen LogP contribution in [0.3, 0.4) is 0 Å². The number of benzene rings is 2. The van der Waals surface area contributed by atoms with E-state index in [0.29, 0.717) is 12.0 Å². The van der Waals surface area contributed by atoms with Crippen LogP contribution in [0.2, 0.25) is 0 Å². The molecule has 1 fully saturated rings. The zero-order valence-corrected chi connectivity index (χ0v) is 12.3. The van der Waals surface area contributed by atoms with Crippen LogP contribution in [-0.2, 0) is 6.42 Å². The first-order chi connectivity index (χ1) is 10.4. The second-order valence-electron chi connectivity index (χ2n) is 6.15. The highest BCUT2D eigenvalue weighted by Gasteiger charge is 2.38. The number of para-hydroxylation sites is 1. The monoisotopic (exact) mass is 278 g/mol. The summed E-state index contributed by atoms with van der Waals surface area (Å²) in [6, 6.07) is 20.5. The van der Waals surface area contributed by atoms with Gasteiger partial charge in [-0.25, -0.2) is 0 Å². The lowest BCUT2D eigenvalue weighted by molar-refractivity contribution is 0.403. The van der Waals surface area contributed by atoms with Gasteiger partial charge in [0.15, 0.2) is 0 Å². The molecule has 2 aromatic rings. The molecule has 1 N–H and O–H groups in total. The van der Waals surface area contributed by atoms with Crippen LogP contribution in [0.25, 0.3) is 0 Å². The largest absolute Gasteiger partial charge is 0.367 e. The van der Waals surface area contributed by atoms with Gasteiger partial charge in [-0.1, -0.05) is 48.5 Å². The quantitative estimate of drug-likeness (QED) is 0.927. The molecule has 0 aromatic heterocycles. The third kappa shape index (κ3) is 2.34. The van der Waals surface area contributed by atoms with E-state index in [-0.39, 0.29) is 0 Å². The fraction of sp³-hybridized carbons (Fsp3) is 0.368. The van der Waals surface area contributed by atoms with Gasteiger partial charge in [-0.2, -0.15) is 0 Å². The van der Waals surface area contributed by atoms with Crippen molar-refractivity contribution in [3.8, 4) is 0 Å². The highest BCUT2D eigenvalue weighted by atomic mass is 15.2. The Morgan fingerprint density at radius 2 is 1.81 bits per heavy atom. The molecule has 2 heterocycles. The first-order valence-electron chi connectivity index (χ1n) is 8.04. The minimum absolute atomic E-state index is 0.672.